The average molecular weight is 353 g/mol. The van der Waals surface area contributed by atoms with E-state index in [4.69, 9.17) is 0 Å². The predicted octanol–water partition coefficient (Wildman–Crippen LogP) is 1.15. The number of rotatable bonds is 2. The molecule has 0 heterocycles. The predicted molar refractivity (Wildman–Crippen MR) is 42.3 cm³/mol. The van der Waals surface area contributed by atoms with E-state index in [0.717, 1.165) is 0 Å². The molecule has 0 spiro atoms. The topological polar surface area (TPSA) is 51.2 Å². The fourth-order valence-corrected chi connectivity index (χ4v) is 0.351. The molecule has 0 amide bonds. The monoisotopic (exact) mass is 353 g/mol. The van der Waals surface area contributed by atoms with Gasteiger partial charge in [-0.2, -0.15) is 0 Å². The van der Waals surface area contributed by atoms with Gasteiger partial charge in [-0.1, -0.05) is 0 Å². The van der Waals surface area contributed by atoms with Crippen LogP contribution in [0.5, 0.6) is 0 Å². The number of ketones is 3. The normalized spacial score (nSPS) is 7.00. The van der Waals surface area contributed by atoms with Gasteiger partial charge < -0.3 is 4.79 Å². The van der Waals surface area contributed by atoms with Gasteiger partial charge in [0.2, 0.25) is 0 Å². The third kappa shape index (κ3) is 53.6. The number of carbonyl (C=O) groups excluding carboxylic acids is 3. The van der Waals surface area contributed by atoms with Gasteiger partial charge in [0.1, 0.15) is 17.3 Å². The van der Waals surface area contributed by atoms with Crippen molar-refractivity contribution < 1.29 is 35.4 Å². The molecule has 0 saturated carbocycles. The fraction of sp³-hybridized carbons (Fsp3) is 0.625. The Morgan fingerprint density at radius 1 is 0.833 bits per heavy atom. The molecule has 3 nitrogen and oxygen atoms in total. The largest absolute Gasteiger partial charge is 0.300 e. The Kier molecular flexibility index (Phi) is 15.8. The van der Waals surface area contributed by atoms with Crippen LogP contribution in [-0.2, 0) is 35.4 Å². The Hall–Kier alpha value is -0.302. The third-order valence-electron chi connectivity index (χ3n) is 0.498. The molecule has 0 aromatic carbocycles. The number of hydrogen-bond donors (Lipinski definition) is 0. The molecular formula is C8H14O3Pt. The molecule has 0 saturated heterocycles. The minimum atomic E-state index is -0.0625. The maximum Gasteiger partial charge on any atom is 0.137 e. The molecule has 0 fully saturated rings. The first kappa shape index (κ1) is 17.7. The van der Waals surface area contributed by atoms with Crippen molar-refractivity contribution >= 4 is 17.3 Å². The van der Waals surface area contributed by atoms with E-state index < -0.39 is 0 Å². The van der Waals surface area contributed by atoms with Crippen LogP contribution in [0.4, 0.5) is 0 Å². The molecular weight excluding hydrogens is 339 g/mol. The smallest absolute Gasteiger partial charge is 0.137 e. The van der Waals surface area contributed by atoms with Crippen LogP contribution >= 0.6 is 0 Å². The summed E-state index contributed by atoms with van der Waals surface area (Å²) < 4.78 is 0. The van der Waals surface area contributed by atoms with Crippen molar-refractivity contribution in [2.45, 2.75) is 34.1 Å². The van der Waals surface area contributed by atoms with Gasteiger partial charge in [-0.25, -0.2) is 0 Å². The van der Waals surface area contributed by atoms with Crippen LogP contribution in [0, 0.1) is 0 Å². The molecule has 0 aromatic rings. The maximum atomic E-state index is 10.0. The van der Waals surface area contributed by atoms with E-state index in [0.29, 0.717) is 0 Å². The van der Waals surface area contributed by atoms with Crippen molar-refractivity contribution in [3.8, 4) is 0 Å². The number of hydrogen-bond acceptors (Lipinski definition) is 3. The van der Waals surface area contributed by atoms with Crippen molar-refractivity contribution in [3.63, 3.8) is 0 Å². The SMILES string of the molecule is CC(=O)CC(C)=O.CC(C)=O.[Pt]. The first-order valence-corrected chi connectivity index (χ1v) is 3.32. The number of Topliss-reactive ketones (excluding diaryl/α,β-unsaturated/α-hetero) is 3. The number of carbonyl (C=O) groups is 3. The van der Waals surface area contributed by atoms with Gasteiger partial charge in [0.05, 0.1) is 6.42 Å². The summed E-state index contributed by atoms with van der Waals surface area (Å²) in [6.45, 7) is 5.86. The molecule has 0 N–H and O–H groups in total. The van der Waals surface area contributed by atoms with Gasteiger partial charge in [0.25, 0.3) is 0 Å². The van der Waals surface area contributed by atoms with Gasteiger partial charge in [-0.15, -0.1) is 0 Å². The molecule has 0 aliphatic heterocycles. The average Bonchev–Trinajstić information content (AvgIpc) is 1.56. The van der Waals surface area contributed by atoms with Crippen LogP contribution in [-0.4, -0.2) is 17.3 Å². The van der Waals surface area contributed by atoms with Gasteiger partial charge in [0, 0.05) is 21.1 Å². The Morgan fingerprint density at radius 3 is 1.00 bits per heavy atom. The Morgan fingerprint density at radius 2 is 1.00 bits per heavy atom. The van der Waals surface area contributed by atoms with Crippen molar-refractivity contribution in [1.29, 1.82) is 0 Å². The summed E-state index contributed by atoms with van der Waals surface area (Å²) in [6, 6.07) is 0. The first-order valence-electron chi connectivity index (χ1n) is 3.32. The molecule has 0 aromatic heterocycles. The molecule has 0 unspecified atom stereocenters. The van der Waals surface area contributed by atoms with Gasteiger partial charge in [0.15, 0.2) is 0 Å². The summed E-state index contributed by atoms with van der Waals surface area (Å²) >= 11 is 0. The van der Waals surface area contributed by atoms with Crippen LogP contribution in [0.1, 0.15) is 34.1 Å². The van der Waals surface area contributed by atoms with E-state index >= 15 is 0 Å². The third-order valence-corrected chi connectivity index (χ3v) is 0.498. The molecule has 0 rings (SSSR count). The first-order chi connectivity index (χ1) is 4.86. The zero-order valence-corrected chi connectivity index (χ0v) is 10.0. The van der Waals surface area contributed by atoms with Gasteiger partial charge in [-0.05, 0) is 27.7 Å². The summed E-state index contributed by atoms with van der Waals surface area (Å²) in [5, 5.41) is 0. The summed E-state index contributed by atoms with van der Waals surface area (Å²) in [5.41, 5.74) is 0. The van der Waals surface area contributed by atoms with E-state index in [1.165, 1.54) is 27.7 Å². The maximum absolute atomic E-state index is 10.0. The van der Waals surface area contributed by atoms with Crippen LogP contribution in [0.3, 0.4) is 0 Å². The molecule has 0 atom stereocenters. The molecule has 74 valence electrons. The summed E-state index contributed by atoms with van der Waals surface area (Å²) in [5.74, 6) is 0.0417. The Labute approximate surface area is 87.2 Å². The van der Waals surface area contributed by atoms with Crippen molar-refractivity contribution in [2.75, 3.05) is 0 Å². The second-order valence-electron chi connectivity index (χ2n) is 2.49. The zero-order valence-electron chi connectivity index (χ0n) is 7.75. The Bertz CT molecular complexity index is 148. The second kappa shape index (κ2) is 10.7. The van der Waals surface area contributed by atoms with E-state index in [2.05, 4.69) is 0 Å². The molecule has 0 bridgehead atoms. The van der Waals surface area contributed by atoms with Crippen LogP contribution < -0.4 is 0 Å². The van der Waals surface area contributed by atoms with E-state index in [1.807, 2.05) is 0 Å². The molecule has 4 heteroatoms. The molecule has 0 aliphatic rings. The minimum Gasteiger partial charge on any atom is -0.300 e. The summed E-state index contributed by atoms with van der Waals surface area (Å²) in [6.07, 6.45) is 0.0833. The minimum absolute atomic E-state index is 0. The summed E-state index contributed by atoms with van der Waals surface area (Å²) in [7, 11) is 0. The van der Waals surface area contributed by atoms with Crippen LogP contribution in [0.2, 0.25) is 0 Å². The quantitative estimate of drug-likeness (QED) is 0.700. The van der Waals surface area contributed by atoms with E-state index in [1.54, 1.807) is 0 Å². The molecule has 0 radical (unpaired) electrons. The van der Waals surface area contributed by atoms with Gasteiger partial charge >= 0.3 is 0 Å². The van der Waals surface area contributed by atoms with Crippen molar-refractivity contribution in [3.05, 3.63) is 0 Å². The Balaban J connectivity index is -0.000000142. The van der Waals surface area contributed by atoms with Crippen LogP contribution in [0.15, 0.2) is 0 Å². The van der Waals surface area contributed by atoms with Crippen molar-refractivity contribution in [1.82, 2.24) is 0 Å². The van der Waals surface area contributed by atoms with Crippen LogP contribution in [0.25, 0.3) is 0 Å². The van der Waals surface area contributed by atoms with E-state index in [-0.39, 0.29) is 44.8 Å². The fourth-order valence-electron chi connectivity index (χ4n) is 0.351. The van der Waals surface area contributed by atoms with Gasteiger partial charge in [-0.3, -0.25) is 9.59 Å². The zero-order chi connectivity index (χ0) is 9.44. The second-order valence-corrected chi connectivity index (χ2v) is 2.49. The molecule has 12 heavy (non-hydrogen) atoms. The molecule has 0 aliphatic carbocycles. The van der Waals surface area contributed by atoms with E-state index in [9.17, 15) is 14.4 Å². The summed E-state index contributed by atoms with van der Waals surface area (Å²) in [4.78, 5) is 29.5. The standard InChI is InChI=1S/C5H8O2.C3H6O.Pt/c1-4(6)3-5(2)7;1-3(2)4;/h3H2,1-2H3;1-2H3;. The van der Waals surface area contributed by atoms with Crippen molar-refractivity contribution in [2.24, 2.45) is 0 Å².